The van der Waals surface area contributed by atoms with Crippen molar-refractivity contribution in [1.29, 1.82) is 0 Å². The summed E-state index contributed by atoms with van der Waals surface area (Å²) in [6.45, 7) is 1.92. The third-order valence-corrected chi connectivity index (χ3v) is 4.51. The first kappa shape index (κ1) is 16.8. The van der Waals surface area contributed by atoms with Gasteiger partial charge in [0.15, 0.2) is 5.76 Å². The van der Waals surface area contributed by atoms with E-state index >= 15 is 0 Å². The van der Waals surface area contributed by atoms with Gasteiger partial charge in [0.05, 0.1) is 16.9 Å². The molecule has 0 aliphatic carbocycles. The maximum Gasteiger partial charge on any atom is 0.294 e. The van der Waals surface area contributed by atoms with Crippen LogP contribution in [0.2, 0.25) is 0 Å². The van der Waals surface area contributed by atoms with Crippen molar-refractivity contribution in [3.05, 3.63) is 65.1 Å². The summed E-state index contributed by atoms with van der Waals surface area (Å²) in [6, 6.07) is 8.30. The summed E-state index contributed by atoms with van der Waals surface area (Å²) in [4.78, 5) is 27.1. The average Bonchev–Trinajstić information content (AvgIpc) is 3.41. The third-order valence-electron chi connectivity index (χ3n) is 4.51. The first-order valence-corrected chi connectivity index (χ1v) is 8.34. The van der Waals surface area contributed by atoms with Crippen LogP contribution in [0, 0.1) is 10.1 Å². The van der Waals surface area contributed by atoms with Crippen LogP contribution in [-0.2, 0) is 0 Å². The van der Waals surface area contributed by atoms with Crippen molar-refractivity contribution >= 4 is 17.3 Å². The number of aromatic nitrogens is 3. The molecule has 0 atom stereocenters. The molecule has 0 bridgehead atoms. The first-order chi connectivity index (χ1) is 13.1. The van der Waals surface area contributed by atoms with Crippen molar-refractivity contribution in [2.75, 3.05) is 31.1 Å². The van der Waals surface area contributed by atoms with E-state index in [9.17, 15) is 14.9 Å². The van der Waals surface area contributed by atoms with Gasteiger partial charge in [0.1, 0.15) is 18.3 Å². The van der Waals surface area contributed by atoms with E-state index in [1.807, 2.05) is 4.90 Å². The number of nitro benzene ring substituents is 1. The van der Waals surface area contributed by atoms with Crippen molar-refractivity contribution < 1.29 is 14.1 Å². The predicted octanol–water partition coefficient (Wildman–Crippen LogP) is 1.73. The second-order valence-corrected chi connectivity index (χ2v) is 6.06. The number of rotatable bonds is 4. The standard InChI is InChI=1S/C17H16N6O4/c24-17(16-2-1-9-27-16)21-7-5-20(6-8-21)14-4-3-13(10-15(14)23(25)26)22-11-18-19-12-22/h1-4,9-12H,5-8H2. The van der Waals surface area contributed by atoms with Crippen LogP contribution in [0.4, 0.5) is 11.4 Å². The minimum Gasteiger partial charge on any atom is -0.459 e. The Balaban J connectivity index is 1.52. The summed E-state index contributed by atoms with van der Waals surface area (Å²) < 4.78 is 6.76. The lowest BCUT2D eigenvalue weighted by atomic mass is 10.2. The van der Waals surface area contributed by atoms with Gasteiger partial charge in [-0.25, -0.2) is 0 Å². The summed E-state index contributed by atoms with van der Waals surface area (Å²) in [6.07, 6.45) is 4.43. The fourth-order valence-corrected chi connectivity index (χ4v) is 3.13. The van der Waals surface area contributed by atoms with Crippen molar-refractivity contribution in [2.45, 2.75) is 0 Å². The number of anilines is 1. The molecule has 0 radical (unpaired) electrons. The summed E-state index contributed by atoms with van der Waals surface area (Å²) in [5.41, 5.74) is 1.15. The number of benzene rings is 1. The van der Waals surface area contributed by atoms with Crippen molar-refractivity contribution in [3.8, 4) is 5.69 Å². The van der Waals surface area contributed by atoms with E-state index in [1.165, 1.54) is 25.0 Å². The smallest absolute Gasteiger partial charge is 0.294 e. The molecule has 1 aliphatic rings. The lowest BCUT2D eigenvalue weighted by Crippen LogP contribution is -2.48. The Morgan fingerprint density at radius 1 is 1.11 bits per heavy atom. The largest absolute Gasteiger partial charge is 0.459 e. The highest BCUT2D eigenvalue weighted by Gasteiger charge is 2.27. The molecule has 1 amide bonds. The molecule has 27 heavy (non-hydrogen) atoms. The van der Waals surface area contributed by atoms with Gasteiger partial charge in [0.2, 0.25) is 0 Å². The third kappa shape index (κ3) is 3.24. The summed E-state index contributed by atoms with van der Waals surface area (Å²) in [7, 11) is 0. The molecular formula is C17H16N6O4. The Morgan fingerprint density at radius 2 is 1.85 bits per heavy atom. The maximum absolute atomic E-state index is 12.3. The van der Waals surface area contributed by atoms with E-state index in [0.717, 1.165) is 0 Å². The monoisotopic (exact) mass is 368 g/mol. The number of nitro groups is 1. The Bertz CT molecular complexity index is 946. The Labute approximate surface area is 153 Å². The van der Waals surface area contributed by atoms with Gasteiger partial charge in [-0.2, -0.15) is 0 Å². The van der Waals surface area contributed by atoms with Crippen LogP contribution in [0.15, 0.2) is 53.7 Å². The Morgan fingerprint density at radius 3 is 2.48 bits per heavy atom. The highest BCUT2D eigenvalue weighted by molar-refractivity contribution is 5.91. The van der Waals surface area contributed by atoms with E-state index in [4.69, 9.17) is 4.42 Å². The van der Waals surface area contributed by atoms with Crippen LogP contribution < -0.4 is 4.90 Å². The number of carbonyl (C=O) groups is 1. The number of piperazine rings is 1. The molecule has 0 saturated carbocycles. The molecule has 1 aliphatic heterocycles. The topological polar surface area (TPSA) is 111 Å². The zero-order chi connectivity index (χ0) is 18.8. The first-order valence-electron chi connectivity index (χ1n) is 8.34. The highest BCUT2D eigenvalue weighted by Crippen LogP contribution is 2.31. The molecule has 10 heteroatoms. The molecule has 0 unspecified atom stereocenters. The van der Waals surface area contributed by atoms with Crippen molar-refractivity contribution in [3.63, 3.8) is 0 Å². The van der Waals surface area contributed by atoms with Crippen molar-refractivity contribution in [1.82, 2.24) is 19.7 Å². The molecule has 1 aromatic carbocycles. The van der Waals surface area contributed by atoms with Crippen molar-refractivity contribution in [2.24, 2.45) is 0 Å². The molecule has 1 fully saturated rings. The van der Waals surface area contributed by atoms with Crippen LogP contribution in [0.3, 0.4) is 0 Å². The lowest BCUT2D eigenvalue weighted by Gasteiger charge is -2.35. The SMILES string of the molecule is O=C(c1ccco1)N1CCN(c2ccc(-n3cnnc3)cc2[N+](=O)[O-])CC1. The normalized spacial score (nSPS) is 14.4. The lowest BCUT2D eigenvalue weighted by molar-refractivity contribution is -0.384. The van der Waals surface area contributed by atoms with E-state index in [0.29, 0.717) is 43.3 Å². The Hall–Kier alpha value is -3.69. The molecule has 3 aromatic rings. The minimum atomic E-state index is -0.399. The van der Waals surface area contributed by atoms with Gasteiger partial charge in [-0.05, 0) is 24.3 Å². The number of nitrogens with zero attached hydrogens (tertiary/aromatic N) is 6. The zero-order valence-corrected chi connectivity index (χ0v) is 14.3. The van der Waals surface area contributed by atoms with Crippen LogP contribution in [-0.4, -0.2) is 56.7 Å². The molecule has 1 saturated heterocycles. The minimum absolute atomic E-state index is 0.00649. The van der Waals surface area contributed by atoms with Gasteiger partial charge in [0.25, 0.3) is 11.6 Å². The summed E-state index contributed by atoms with van der Waals surface area (Å²) in [5, 5.41) is 19.0. The quantitative estimate of drug-likeness (QED) is 0.509. The molecular weight excluding hydrogens is 352 g/mol. The van der Waals surface area contributed by atoms with E-state index < -0.39 is 4.92 Å². The van der Waals surface area contributed by atoms with E-state index in [1.54, 1.807) is 33.7 Å². The predicted molar refractivity (Wildman–Crippen MR) is 94.8 cm³/mol. The van der Waals surface area contributed by atoms with Gasteiger partial charge < -0.3 is 14.2 Å². The van der Waals surface area contributed by atoms with Gasteiger partial charge in [-0.15, -0.1) is 10.2 Å². The molecule has 0 N–H and O–H groups in total. The van der Waals surface area contributed by atoms with Gasteiger partial charge in [-0.1, -0.05) is 0 Å². The maximum atomic E-state index is 12.3. The Kier molecular flexibility index (Phi) is 4.29. The molecule has 10 nitrogen and oxygen atoms in total. The van der Waals surface area contributed by atoms with Crippen LogP contribution in [0.5, 0.6) is 0 Å². The van der Waals surface area contributed by atoms with Gasteiger partial charge in [-0.3, -0.25) is 19.5 Å². The second kappa shape index (κ2) is 6.90. The molecule has 138 valence electrons. The highest BCUT2D eigenvalue weighted by atomic mass is 16.6. The zero-order valence-electron chi connectivity index (χ0n) is 14.3. The number of hydrogen-bond donors (Lipinski definition) is 0. The molecule has 4 rings (SSSR count). The fourth-order valence-electron chi connectivity index (χ4n) is 3.13. The summed E-state index contributed by atoms with van der Waals surface area (Å²) >= 11 is 0. The average molecular weight is 368 g/mol. The van der Waals surface area contributed by atoms with E-state index in [-0.39, 0.29) is 11.6 Å². The molecule has 3 heterocycles. The van der Waals surface area contributed by atoms with Crippen LogP contribution in [0.1, 0.15) is 10.6 Å². The van der Waals surface area contributed by atoms with E-state index in [2.05, 4.69) is 10.2 Å². The molecule has 2 aromatic heterocycles. The fraction of sp³-hybridized carbons (Fsp3) is 0.235. The number of furan rings is 1. The molecule has 0 spiro atoms. The van der Waals surface area contributed by atoms with Crippen LogP contribution in [0.25, 0.3) is 5.69 Å². The summed E-state index contributed by atoms with van der Waals surface area (Å²) in [5.74, 6) is 0.129. The van der Waals surface area contributed by atoms with Gasteiger partial charge in [0, 0.05) is 32.2 Å². The number of hydrogen-bond acceptors (Lipinski definition) is 7. The number of carbonyl (C=O) groups excluding carboxylic acids is 1. The number of amides is 1. The second-order valence-electron chi connectivity index (χ2n) is 6.06. The van der Waals surface area contributed by atoms with Crippen LogP contribution >= 0.6 is 0 Å². The van der Waals surface area contributed by atoms with Gasteiger partial charge >= 0.3 is 0 Å².